The second-order valence-corrected chi connectivity index (χ2v) is 5.46. The molecule has 0 aliphatic rings. The van der Waals surface area contributed by atoms with Crippen molar-refractivity contribution in [2.75, 3.05) is 7.11 Å². The van der Waals surface area contributed by atoms with Crippen LogP contribution in [0, 0.1) is 0 Å². The van der Waals surface area contributed by atoms with Crippen molar-refractivity contribution in [2.24, 2.45) is 5.73 Å². The number of hydrogen-bond donors (Lipinski definition) is 2. The van der Waals surface area contributed by atoms with E-state index < -0.39 is 0 Å². The number of rotatable bonds is 4. The molecule has 0 amide bonds. The average molecular weight is 288 g/mol. The predicted octanol–water partition coefficient (Wildman–Crippen LogP) is 2.83. The summed E-state index contributed by atoms with van der Waals surface area (Å²) in [7, 11) is 1.53. The molecule has 0 heterocycles. The van der Waals surface area contributed by atoms with E-state index in [1.54, 1.807) is 12.1 Å². The van der Waals surface area contributed by atoms with Crippen LogP contribution in [0.25, 0.3) is 0 Å². The Bertz CT molecular complexity index is 372. The van der Waals surface area contributed by atoms with E-state index in [1.165, 1.54) is 7.11 Å². The molecule has 16 heavy (non-hydrogen) atoms. The SMILES string of the molecule is COc1cc(Br)c(CCC(C)(C)N)cc1O. The monoisotopic (exact) mass is 287 g/mol. The fraction of sp³-hybridized carbons (Fsp3) is 0.500. The Morgan fingerprint density at radius 2 is 2.06 bits per heavy atom. The number of hydrogen-bond acceptors (Lipinski definition) is 3. The van der Waals surface area contributed by atoms with Gasteiger partial charge in [0.05, 0.1) is 7.11 Å². The molecule has 3 nitrogen and oxygen atoms in total. The minimum absolute atomic E-state index is 0.163. The number of halogens is 1. The maximum Gasteiger partial charge on any atom is 0.161 e. The van der Waals surface area contributed by atoms with Crippen LogP contribution < -0.4 is 10.5 Å². The summed E-state index contributed by atoms with van der Waals surface area (Å²) in [5.41, 5.74) is 6.76. The molecule has 0 atom stereocenters. The fourth-order valence-corrected chi connectivity index (χ4v) is 1.92. The van der Waals surface area contributed by atoms with Gasteiger partial charge in [-0.2, -0.15) is 0 Å². The Hall–Kier alpha value is -0.740. The number of phenols is 1. The summed E-state index contributed by atoms with van der Waals surface area (Å²) in [5.74, 6) is 0.637. The minimum atomic E-state index is -0.199. The van der Waals surface area contributed by atoms with Gasteiger partial charge in [0.25, 0.3) is 0 Å². The predicted molar refractivity (Wildman–Crippen MR) is 68.9 cm³/mol. The normalized spacial score (nSPS) is 11.6. The van der Waals surface area contributed by atoms with Gasteiger partial charge in [-0.1, -0.05) is 15.9 Å². The highest BCUT2D eigenvalue weighted by molar-refractivity contribution is 9.10. The number of phenolic OH excluding ortho intramolecular Hbond substituents is 1. The molecule has 0 aliphatic carbocycles. The molecule has 0 aromatic heterocycles. The molecular weight excluding hydrogens is 270 g/mol. The summed E-state index contributed by atoms with van der Waals surface area (Å²) >= 11 is 3.46. The lowest BCUT2D eigenvalue weighted by Crippen LogP contribution is -2.32. The van der Waals surface area contributed by atoms with E-state index in [-0.39, 0.29) is 11.3 Å². The molecule has 1 aromatic carbocycles. The number of nitrogens with two attached hydrogens (primary N) is 1. The van der Waals surface area contributed by atoms with E-state index in [2.05, 4.69) is 15.9 Å². The van der Waals surface area contributed by atoms with Gasteiger partial charge >= 0.3 is 0 Å². The summed E-state index contributed by atoms with van der Waals surface area (Å²) in [5, 5.41) is 9.67. The van der Waals surface area contributed by atoms with Crippen LogP contribution in [0.3, 0.4) is 0 Å². The Balaban J connectivity index is 2.86. The smallest absolute Gasteiger partial charge is 0.161 e. The number of aryl methyl sites for hydroxylation is 1. The van der Waals surface area contributed by atoms with E-state index in [4.69, 9.17) is 10.5 Å². The van der Waals surface area contributed by atoms with Gasteiger partial charge in [0, 0.05) is 10.0 Å². The number of aromatic hydroxyl groups is 1. The molecule has 0 unspecified atom stereocenters. The third-order valence-corrected chi connectivity index (χ3v) is 3.12. The molecule has 0 bridgehead atoms. The van der Waals surface area contributed by atoms with Crippen molar-refractivity contribution in [1.29, 1.82) is 0 Å². The maximum absolute atomic E-state index is 9.67. The third kappa shape index (κ3) is 3.68. The summed E-state index contributed by atoms with van der Waals surface area (Å²) in [6.07, 6.45) is 1.68. The molecule has 0 fully saturated rings. The van der Waals surface area contributed by atoms with Crippen molar-refractivity contribution in [3.8, 4) is 11.5 Å². The molecule has 0 spiro atoms. The van der Waals surface area contributed by atoms with Crippen LogP contribution >= 0.6 is 15.9 Å². The van der Waals surface area contributed by atoms with Gasteiger partial charge in [-0.25, -0.2) is 0 Å². The van der Waals surface area contributed by atoms with Crippen LogP contribution in [0.2, 0.25) is 0 Å². The molecule has 1 aromatic rings. The lowest BCUT2D eigenvalue weighted by Gasteiger charge is -2.18. The Morgan fingerprint density at radius 1 is 1.44 bits per heavy atom. The maximum atomic E-state index is 9.67. The first-order valence-electron chi connectivity index (χ1n) is 5.18. The van der Waals surface area contributed by atoms with Crippen LogP contribution in [0.5, 0.6) is 11.5 Å². The van der Waals surface area contributed by atoms with E-state index >= 15 is 0 Å². The molecule has 3 N–H and O–H groups in total. The standard InChI is InChI=1S/C12H18BrNO2/c1-12(2,14)5-4-8-6-10(15)11(16-3)7-9(8)13/h6-7,15H,4-5,14H2,1-3H3. The van der Waals surface area contributed by atoms with Crippen molar-refractivity contribution in [2.45, 2.75) is 32.2 Å². The Morgan fingerprint density at radius 3 is 2.56 bits per heavy atom. The van der Waals surface area contributed by atoms with Crippen LogP contribution in [-0.4, -0.2) is 17.8 Å². The first-order valence-corrected chi connectivity index (χ1v) is 5.97. The van der Waals surface area contributed by atoms with Gasteiger partial charge < -0.3 is 15.6 Å². The lowest BCUT2D eigenvalue weighted by atomic mass is 9.96. The Labute approximate surface area is 105 Å². The fourth-order valence-electron chi connectivity index (χ4n) is 1.40. The molecular formula is C12H18BrNO2. The zero-order valence-electron chi connectivity index (χ0n) is 9.88. The second kappa shape index (κ2) is 5.06. The summed E-state index contributed by atoms with van der Waals surface area (Å²) in [4.78, 5) is 0. The van der Waals surface area contributed by atoms with Crippen LogP contribution in [0.1, 0.15) is 25.8 Å². The summed E-state index contributed by atoms with van der Waals surface area (Å²) in [6, 6.07) is 3.49. The van der Waals surface area contributed by atoms with E-state index in [0.717, 1.165) is 22.9 Å². The van der Waals surface area contributed by atoms with Crippen molar-refractivity contribution >= 4 is 15.9 Å². The molecule has 1 rings (SSSR count). The molecule has 0 saturated carbocycles. The quantitative estimate of drug-likeness (QED) is 0.895. The number of benzene rings is 1. The largest absolute Gasteiger partial charge is 0.504 e. The summed E-state index contributed by atoms with van der Waals surface area (Å²) in [6.45, 7) is 3.98. The zero-order chi connectivity index (χ0) is 12.3. The lowest BCUT2D eigenvalue weighted by molar-refractivity contribution is 0.372. The van der Waals surface area contributed by atoms with Crippen molar-refractivity contribution < 1.29 is 9.84 Å². The van der Waals surface area contributed by atoms with E-state index in [1.807, 2.05) is 13.8 Å². The van der Waals surface area contributed by atoms with Crippen molar-refractivity contribution in [3.63, 3.8) is 0 Å². The summed E-state index contributed by atoms with van der Waals surface area (Å²) < 4.78 is 5.96. The average Bonchev–Trinajstić information content (AvgIpc) is 2.17. The van der Waals surface area contributed by atoms with Crippen molar-refractivity contribution in [1.82, 2.24) is 0 Å². The van der Waals surface area contributed by atoms with E-state index in [0.29, 0.717) is 5.75 Å². The van der Waals surface area contributed by atoms with Gasteiger partial charge in [0.15, 0.2) is 11.5 Å². The molecule has 4 heteroatoms. The van der Waals surface area contributed by atoms with Crippen LogP contribution in [0.15, 0.2) is 16.6 Å². The highest BCUT2D eigenvalue weighted by Crippen LogP contribution is 2.33. The van der Waals surface area contributed by atoms with Gasteiger partial charge in [-0.3, -0.25) is 0 Å². The molecule has 90 valence electrons. The Kier molecular flexibility index (Phi) is 4.21. The molecule has 0 saturated heterocycles. The molecule has 0 radical (unpaired) electrons. The van der Waals surface area contributed by atoms with Gasteiger partial charge in [0.1, 0.15) is 0 Å². The first kappa shape index (κ1) is 13.3. The highest BCUT2D eigenvalue weighted by atomic mass is 79.9. The molecule has 0 aliphatic heterocycles. The first-order chi connectivity index (χ1) is 7.33. The zero-order valence-corrected chi connectivity index (χ0v) is 11.5. The van der Waals surface area contributed by atoms with Gasteiger partial charge in [-0.15, -0.1) is 0 Å². The van der Waals surface area contributed by atoms with E-state index in [9.17, 15) is 5.11 Å². The topological polar surface area (TPSA) is 55.5 Å². The second-order valence-electron chi connectivity index (χ2n) is 4.60. The minimum Gasteiger partial charge on any atom is -0.504 e. The number of ether oxygens (including phenoxy) is 1. The van der Waals surface area contributed by atoms with Crippen LogP contribution in [-0.2, 0) is 6.42 Å². The van der Waals surface area contributed by atoms with Crippen molar-refractivity contribution in [3.05, 3.63) is 22.2 Å². The van der Waals surface area contributed by atoms with Crippen LogP contribution in [0.4, 0.5) is 0 Å². The highest BCUT2D eigenvalue weighted by Gasteiger charge is 2.13. The van der Waals surface area contributed by atoms with Gasteiger partial charge in [0.2, 0.25) is 0 Å². The third-order valence-electron chi connectivity index (χ3n) is 2.39. The van der Waals surface area contributed by atoms with Gasteiger partial charge in [-0.05, 0) is 44.4 Å². The number of methoxy groups -OCH3 is 1.